The van der Waals surface area contributed by atoms with Gasteiger partial charge in [0.05, 0.1) is 0 Å². The number of hydrogen-bond donors (Lipinski definition) is 1. The Morgan fingerprint density at radius 2 is 1.07 bits per heavy atom. The Labute approximate surface area is 260 Å². The molecular weight excluding hydrogens is 552 g/mol. The summed E-state index contributed by atoms with van der Waals surface area (Å²) in [7, 11) is 0. The van der Waals surface area contributed by atoms with E-state index in [9.17, 15) is 5.11 Å². The molecule has 0 saturated heterocycles. The molecule has 8 rings (SSSR count). The van der Waals surface area contributed by atoms with Crippen LogP contribution >= 0.6 is 0 Å². The summed E-state index contributed by atoms with van der Waals surface area (Å²) in [6.45, 7) is 2.06. The molecule has 0 bridgehead atoms. The lowest BCUT2D eigenvalue weighted by Crippen LogP contribution is -1.91. The number of phenolic OH excluding ortho intramolecular Hbond substituents is 1. The molecule has 1 N–H and O–H groups in total. The van der Waals surface area contributed by atoms with Crippen LogP contribution in [-0.4, -0.2) is 15.1 Å². The number of phenols is 1. The highest BCUT2D eigenvalue weighted by molar-refractivity contribution is 6.09. The van der Waals surface area contributed by atoms with Crippen molar-refractivity contribution in [2.45, 2.75) is 6.92 Å². The van der Waals surface area contributed by atoms with Gasteiger partial charge in [-0.1, -0.05) is 115 Å². The second kappa shape index (κ2) is 10.9. The number of para-hydroxylation sites is 3. The van der Waals surface area contributed by atoms with E-state index >= 15 is 0 Å². The van der Waals surface area contributed by atoms with Crippen molar-refractivity contribution in [2.75, 3.05) is 0 Å². The molecule has 0 amide bonds. The zero-order chi connectivity index (χ0) is 30.3. The third kappa shape index (κ3) is 4.73. The van der Waals surface area contributed by atoms with Gasteiger partial charge in [-0.2, -0.15) is 0 Å². The minimum Gasteiger partial charge on any atom is -0.507 e. The summed E-state index contributed by atoms with van der Waals surface area (Å²) in [6, 6.07) is 44.8. The van der Waals surface area contributed by atoms with Crippen LogP contribution in [-0.2, 0) is 0 Å². The van der Waals surface area contributed by atoms with Crippen molar-refractivity contribution in [3.63, 3.8) is 0 Å². The van der Waals surface area contributed by atoms with Gasteiger partial charge in [0.1, 0.15) is 16.9 Å². The summed E-state index contributed by atoms with van der Waals surface area (Å²) in [5.41, 5.74) is 11.4. The minimum atomic E-state index is 0.262. The molecule has 2 heterocycles. The third-order valence-corrected chi connectivity index (χ3v) is 8.47. The molecular formula is C41H28N2O2. The number of aromatic nitrogens is 2. The summed E-state index contributed by atoms with van der Waals surface area (Å²) in [4.78, 5) is 9.50. The maximum absolute atomic E-state index is 11.3. The maximum atomic E-state index is 11.3. The number of furan rings is 1. The van der Waals surface area contributed by atoms with E-state index in [-0.39, 0.29) is 5.75 Å². The zero-order valence-electron chi connectivity index (χ0n) is 24.6. The Hall–Kier alpha value is -6.00. The average Bonchev–Trinajstić information content (AvgIpc) is 3.48. The van der Waals surface area contributed by atoms with Crippen molar-refractivity contribution in [3.8, 4) is 61.6 Å². The van der Waals surface area contributed by atoms with Crippen LogP contribution in [0.5, 0.6) is 5.75 Å². The van der Waals surface area contributed by atoms with Crippen LogP contribution in [0.3, 0.4) is 0 Å². The van der Waals surface area contributed by atoms with Gasteiger partial charge in [-0.25, -0.2) is 9.97 Å². The predicted octanol–water partition coefficient (Wildman–Crippen LogP) is 10.7. The van der Waals surface area contributed by atoms with Crippen LogP contribution in [0, 0.1) is 6.92 Å². The van der Waals surface area contributed by atoms with E-state index in [0.29, 0.717) is 5.82 Å². The van der Waals surface area contributed by atoms with Crippen LogP contribution in [0.15, 0.2) is 150 Å². The number of nitrogens with zero attached hydrogens (tertiary/aromatic N) is 2. The fourth-order valence-corrected chi connectivity index (χ4v) is 6.16. The Bertz CT molecular complexity index is 2350. The van der Waals surface area contributed by atoms with Crippen molar-refractivity contribution in [2.24, 2.45) is 0 Å². The summed E-state index contributed by atoms with van der Waals surface area (Å²) in [6.07, 6.45) is 3.73. The molecule has 0 radical (unpaired) electrons. The normalized spacial score (nSPS) is 11.3. The lowest BCUT2D eigenvalue weighted by molar-refractivity contribution is 0.479. The molecule has 8 aromatic rings. The number of hydrogen-bond acceptors (Lipinski definition) is 4. The summed E-state index contributed by atoms with van der Waals surface area (Å²) < 4.78 is 6.29. The SMILES string of the molecule is Cc1ccccc1-c1cccc(-c2cccc(-c3ncc(-c4cccc(-c5cccc6c5oc5ccccc56)c4)cn3)c2)c1O. The lowest BCUT2D eigenvalue weighted by Gasteiger charge is -2.13. The topological polar surface area (TPSA) is 59.2 Å². The highest BCUT2D eigenvalue weighted by atomic mass is 16.3. The first kappa shape index (κ1) is 26.6. The summed E-state index contributed by atoms with van der Waals surface area (Å²) in [5.74, 6) is 0.886. The highest BCUT2D eigenvalue weighted by Crippen LogP contribution is 2.40. The fourth-order valence-electron chi connectivity index (χ4n) is 6.16. The number of fused-ring (bicyclic) bond motifs is 3. The molecule has 214 valence electrons. The number of rotatable bonds is 5. The van der Waals surface area contributed by atoms with E-state index in [1.807, 2.05) is 91.3 Å². The van der Waals surface area contributed by atoms with Crippen LogP contribution in [0.1, 0.15) is 5.56 Å². The van der Waals surface area contributed by atoms with Gasteiger partial charge in [-0.15, -0.1) is 0 Å². The zero-order valence-corrected chi connectivity index (χ0v) is 24.6. The standard InChI is InChI=1S/C41H28N2O2/c1-26-10-2-3-15-32(26)36-19-8-17-33(39(36)44)28-12-7-14-30(23-28)41-42-24-31(25-43-41)27-11-6-13-29(22-27)34-18-9-20-37-35-16-4-5-21-38(35)45-40(34)37/h2-25,44H,1H3. The van der Waals surface area contributed by atoms with Gasteiger partial charge in [0.2, 0.25) is 0 Å². The van der Waals surface area contributed by atoms with Gasteiger partial charge < -0.3 is 9.52 Å². The van der Waals surface area contributed by atoms with Crippen molar-refractivity contribution in [1.82, 2.24) is 9.97 Å². The fraction of sp³-hybridized carbons (Fsp3) is 0.0244. The van der Waals surface area contributed by atoms with Crippen molar-refractivity contribution in [1.29, 1.82) is 0 Å². The molecule has 0 fully saturated rings. The molecule has 0 unspecified atom stereocenters. The van der Waals surface area contributed by atoms with Crippen LogP contribution in [0.25, 0.3) is 77.8 Å². The van der Waals surface area contributed by atoms with E-state index in [1.54, 1.807) is 0 Å². The Balaban J connectivity index is 1.11. The van der Waals surface area contributed by atoms with Crippen LogP contribution < -0.4 is 0 Å². The number of aromatic hydroxyl groups is 1. The van der Waals surface area contributed by atoms with E-state index in [2.05, 4.69) is 61.5 Å². The monoisotopic (exact) mass is 580 g/mol. The Morgan fingerprint density at radius 3 is 1.91 bits per heavy atom. The van der Waals surface area contributed by atoms with E-state index in [4.69, 9.17) is 14.4 Å². The quantitative estimate of drug-likeness (QED) is 0.220. The molecule has 0 aliphatic rings. The van der Waals surface area contributed by atoms with Gasteiger partial charge in [-0.05, 0) is 52.9 Å². The molecule has 6 aromatic carbocycles. The van der Waals surface area contributed by atoms with Gasteiger partial charge >= 0.3 is 0 Å². The molecule has 4 nitrogen and oxygen atoms in total. The lowest BCUT2D eigenvalue weighted by atomic mass is 9.94. The van der Waals surface area contributed by atoms with E-state index in [0.717, 1.165) is 77.6 Å². The van der Waals surface area contributed by atoms with Gasteiger partial charge in [0, 0.05) is 51.0 Å². The van der Waals surface area contributed by atoms with Crippen molar-refractivity contribution >= 4 is 21.9 Å². The average molecular weight is 581 g/mol. The number of aryl methyl sites for hydroxylation is 1. The molecule has 0 aliphatic carbocycles. The minimum absolute atomic E-state index is 0.262. The van der Waals surface area contributed by atoms with Crippen molar-refractivity contribution < 1.29 is 9.52 Å². The first-order valence-corrected chi connectivity index (χ1v) is 15.0. The molecule has 0 spiro atoms. The van der Waals surface area contributed by atoms with Crippen LogP contribution in [0.2, 0.25) is 0 Å². The highest BCUT2D eigenvalue weighted by Gasteiger charge is 2.15. The van der Waals surface area contributed by atoms with Crippen molar-refractivity contribution in [3.05, 3.63) is 151 Å². The smallest absolute Gasteiger partial charge is 0.159 e. The third-order valence-electron chi connectivity index (χ3n) is 8.47. The molecule has 0 aliphatic heterocycles. The van der Waals surface area contributed by atoms with Gasteiger partial charge in [-0.3, -0.25) is 0 Å². The number of benzene rings is 6. The molecule has 4 heteroatoms. The first-order chi connectivity index (χ1) is 22.1. The van der Waals surface area contributed by atoms with Gasteiger partial charge in [0.25, 0.3) is 0 Å². The Kier molecular flexibility index (Phi) is 6.46. The molecule has 0 saturated carbocycles. The van der Waals surface area contributed by atoms with E-state index < -0.39 is 0 Å². The van der Waals surface area contributed by atoms with Crippen LogP contribution in [0.4, 0.5) is 0 Å². The second-order valence-electron chi connectivity index (χ2n) is 11.3. The predicted molar refractivity (Wildman–Crippen MR) is 183 cm³/mol. The molecule has 45 heavy (non-hydrogen) atoms. The first-order valence-electron chi connectivity index (χ1n) is 15.0. The van der Waals surface area contributed by atoms with Gasteiger partial charge in [0.15, 0.2) is 5.82 Å². The second-order valence-corrected chi connectivity index (χ2v) is 11.3. The van der Waals surface area contributed by atoms with E-state index in [1.165, 1.54) is 0 Å². The summed E-state index contributed by atoms with van der Waals surface area (Å²) >= 11 is 0. The Morgan fingerprint density at radius 1 is 0.489 bits per heavy atom. The largest absolute Gasteiger partial charge is 0.507 e. The summed E-state index contributed by atoms with van der Waals surface area (Å²) in [5, 5.41) is 13.5. The molecule has 0 atom stereocenters. The molecule has 2 aromatic heterocycles. The maximum Gasteiger partial charge on any atom is 0.159 e.